The number of hydrogen-bond acceptors (Lipinski definition) is 1. The van der Waals surface area contributed by atoms with Crippen molar-refractivity contribution in [3.05, 3.63) is 34.6 Å². The lowest BCUT2D eigenvalue weighted by Crippen LogP contribution is -2.32. The molecule has 21 heavy (non-hydrogen) atoms. The Balaban J connectivity index is 2.27. The van der Waals surface area contributed by atoms with Gasteiger partial charge in [0.25, 0.3) is 0 Å². The van der Waals surface area contributed by atoms with Gasteiger partial charge in [-0.25, -0.2) is 4.39 Å². The lowest BCUT2D eigenvalue weighted by atomic mass is 9.76. The molecule has 1 aromatic carbocycles. The van der Waals surface area contributed by atoms with E-state index in [1.165, 1.54) is 25.7 Å². The van der Waals surface area contributed by atoms with Crippen LogP contribution in [0.2, 0.25) is 0 Å². The first-order chi connectivity index (χ1) is 10.0. The molecule has 0 amide bonds. The molecule has 0 radical (unpaired) electrons. The summed E-state index contributed by atoms with van der Waals surface area (Å²) in [6.07, 6.45) is 6.08. The number of benzene rings is 1. The minimum absolute atomic E-state index is 0.0280. The Kier molecular flexibility index (Phi) is 5.80. The fraction of sp³-hybridized carbons (Fsp3) is 0.684. The van der Waals surface area contributed by atoms with Crippen LogP contribution in [0.15, 0.2) is 12.1 Å². The highest BCUT2D eigenvalue weighted by atomic mass is 19.1. The zero-order valence-corrected chi connectivity index (χ0v) is 14.0. The summed E-state index contributed by atoms with van der Waals surface area (Å²) in [4.78, 5) is 0. The third kappa shape index (κ3) is 4.06. The largest absolute Gasteiger partial charge is 0.310 e. The van der Waals surface area contributed by atoms with Gasteiger partial charge >= 0.3 is 0 Å². The van der Waals surface area contributed by atoms with Crippen LogP contribution in [-0.2, 0) is 0 Å². The SMILES string of the molecule is CCCNC(c1c(C)cc(C)cc1F)C1CCC(C)CC1. The number of aryl methyl sites for hydroxylation is 2. The predicted octanol–water partition coefficient (Wildman–Crippen LogP) is 5.31. The van der Waals surface area contributed by atoms with Crippen molar-refractivity contribution in [1.82, 2.24) is 5.32 Å². The lowest BCUT2D eigenvalue weighted by Gasteiger charge is -2.34. The zero-order valence-electron chi connectivity index (χ0n) is 14.0. The average Bonchev–Trinajstić information content (AvgIpc) is 2.42. The zero-order chi connectivity index (χ0) is 15.4. The average molecular weight is 291 g/mol. The molecule has 1 atom stereocenters. The summed E-state index contributed by atoms with van der Waals surface area (Å²) in [6, 6.07) is 3.98. The fourth-order valence-electron chi connectivity index (χ4n) is 3.74. The van der Waals surface area contributed by atoms with E-state index in [0.29, 0.717) is 5.92 Å². The van der Waals surface area contributed by atoms with Gasteiger partial charge in [0.1, 0.15) is 5.82 Å². The van der Waals surface area contributed by atoms with Gasteiger partial charge in [-0.15, -0.1) is 0 Å². The summed E-state index contributed by atoms with van der Waals surface area (Å²) in [6.45, 7) is 9.49. The van der Waals surface area contributed by atoms with Crippen molar-refractivity contribution in [2.45, 2.75) is 65.8 Å². The summed E-state index contributed by atoms with van der Waals surface area (Å²) < 4.78 is 14.6. The summed E-state index contributed by atoms with van der Waals surface area (Å²) in [7, 11) is 0. The van der Waals surface area contributed by atoms with Crippen LogP contribution >= 0.6 is 0 Å². The highest BCUT2D eigenvalue weighted by molar-refractivity contribution is 5.35. The first-order valence-corrected chi connectivity index (χ1v) is 8.53. The number of nitrogens with one attached hydrogen (secondary N) is 1. The summed E-state index contributed by atoms with van der Waals surface area (Å²) in [5, 5.41) is 3.63. The first-order valence-electron chi connectivity index (χ1n) is 8.53. The topological polar surface area (TPSA) is 12.0 Å². The van der Waals surface area contributed by atoms with Crippen LogP contribution in [-0.4, -0.2) is 6.54 Å². The normalized spacial score (nSPS) is 24.0. The van der Waals surface area contributed by atoms with Gasteiger partial charge in [-0.2, -0.15) is 0 Å². The van der Waals surface area contributed by atoms with E-state index in [1.54, 1.807) is 6.07 Å². The number of rotatable bonds is 5. The molecule has 2 heteroatoms. The molecule has 0 bridgehead atoms. The van der Waals surface area contributed by atoms with Crippen LogP contribution in [0.25, 0.3) is 0 Å². The maximum Gasteiger partial charge on any atom is 0.128 e. The van der Waals surface area contributed by atoms with Gasteiger partial charge in [0, 0.05) is 11.6 Å². The van der Waals surface area contributed by atoms with Crippen LogP contribution in [0.4, 0.5) is 4.39 Å². The van der Waals surface area contributed by atoms with E-state index in [1.807, 2.05) is 6.92 Å². The lowest BCUT2D eigenvalue weighted by molar-refractivity contribution is 0.228. The van der Waals surface area contributed by atoms with Gasteiger partial charge in [-0.3, -0.25) is 0 Å². The fourth-order valence-corrected chi connectivity index (χ4v) is 3.74. The van der Waals surface area contributed by atoms with Crippen LogP contribution < -0.4 is 5.32 Å². The standard InChI is InChI=1S/C19H30FN/c1-5-10-21-19(16-8-6-13(2)7-9-16)18-15(4)11-14(3)12-17(18)20/h11-13,16,19,21H,5-10H2,1-4H3. The molecule has 1 aromatic rings. The molecule has 1 fully saturated rings. The third-order valence-corrected chi connectivity index (χ3v) is 4.94. The summed E-state index contributed by atoms with van der Waals surface area (Å²) in [5.74, 6) is 1.38. The molecular weight excluding hydrogens is 261 g/mol. The Morgan fingerprint density at radius 3 is 2.43 bits per heavy atom. The van der Waals surface area contributed by atoms with Gasteiger partial charge in [0.2, 0.25) is 0 Å². The highest BCUT2D eigenvalue weighted by Crippen LogP contribution is 2.38. The Labute approximate surface area is 129 Å². The van der Waals surface area contributed by atoms with E-state index in [-0.39, 0.29) is 11.9 Å². The van der Waals surface area contributed by atoms with Crippen molar-refractivity contribution in [1.29, 1.82) is 0 Å². The van der Waals surface area contributed by atoms with Crippen molar-refractivity contribution in [3.63, 3.8) is 0 Å². The molecule has 0 saturated heterocycles. The van der Waals surface area contributed by atoms with E-state index < -0.39 is 0 Å². The monoisotopic (exact) mass is 291 g/mol. The van der Waals surface area contributed by atoms with Crippen LogP contribution in [0.3, 0.4) is 0 Å². The van der Waals surface area contributed by atoms with E-state index in [9.17, 15) is 4.39 Å². The molecule has 0 aromatic heterocycles. The molecule has 1 aliphatic carbocycles. The first kappa shape index (κ1) is 16.5. The minimum atomic E-state index is -0.0280. The molecule has 1 N–H and O–H groups in total. The van der Waals surface area contributed by atoms with Crippen molar-refractivity contribution in [2.75, 3.05) is 6.54 Å². The smallest absolute Gasteiger partial charge is 0.128 e. The summed E-state index contributed by atoms with van der Waals surface area (Å²) >= 11 is 0. The Bertz CT molecular complexity index is 438. The molecular formula is C19H30FN. The van der Waals surface area contributed by atoms with Gasteiger partial charge in [0.15, 0.2) is 0 Å². The number of halogens is 1. The quantitative estimate of drug-likeness (QED) is 0.775. The molecule has 2 rings (SSSR count). The van der Waals surface area contributed by atoms with Gasteiger partial charge < -0.3 is 5.32 Å². The predicted molar refractivity (Wildman–Crippen MR) is 88.0 cm³/mol. The van der Waals surface area contributed by atoms with Crippen molar-refractivity contribution in [2.24, 2.45) is 11.8 Å². The van der Waals surface area contributed by atoms with E-state index in [4.69, 9.17) is 0 Å². The molecule has 118 valence electrons. The molecule has 0 heterocycles. The van der Waals surface area contributed by atoms with Gasteiger partial charge in [0.05, 0.1) is 0 Å². The molecule has 1 unspecified atom stereocenters. The third-order valence-electron chi connectivity index (χ3n) is 4.94. The molecule has 1 saturated carbocycles. The van der Waals surface area contributed by atoms with Crippen LogP contribution in [0, 0.1) is 31.5 Å². The second kappa shape index (κ2) is 7.40. The molecule has 0 aliphatic heterocycles. The van der Waals surface area contributed by atoms with Crippen LogP contribution in [0.5, 0.6) is 0 Å². The maximum absolute atomic E-state index is 14.6. The minimum Gasteiger partial charge on any atom is -0.310 e. The van der Waals surface area contributed by atoms with E-state index in [2.05, 4.69) is 32.2 Å². The second-order valence-electron chi connectivity index (χ2n) is 6.93. The van der Waals surface area contributed by atoms with E-state index in [0.717, 1.165) is 35.6 Å². The molecule has 1 nitrogen and oxygen atoms in total. The van der Waals surface area contributed by atoms with Crippen molar-refractivity contribution >= 4 is 0 Å². The Morgan fingerprint density at radius 2 is 1.86 bits per heavy atom. The molecule has 1 aliphatic rings. The second-order valence-corrected chi connectivity index (χ2v) is 6.93. The van der Waals surface area contributed by atoms with Gasteiger partial charge in [-0.05, 0) is 68.7 Å². The van der Waals surface area contributed by atoms with Crippen molar-refractivity contribution in [3.8, 4) is 0 Å². The Hall–Kier alpha value is -0.890. The van der Waals surface area contributed by atoms with Crippen molar-refractivity contribution < 1.29 is 4.39 Å². The summed E-state index contributed by atoms with van der Waals surface area (Å²) in [5.41, 5.74) is 3.02. The number of hydrogen-bond donors (Lipinski definition) is 1. The highest BCUT2D eigenvalue weighted by Gasteiger charge is 2.29. The van der Waals surface area contributed by atoms with E-state index >= 15 is 0 Å². The van der Waals surface area contributed by atoms with Gasteiger partial charge in [-0.1, -0.05) is 32.8 Å². The maximum atomic E-state index is 14.6. The Morgan fingerprint density at radius 1 is 1.19 bits per heavy atom. The molecule has 0 spiro atoms. The van der Waals surface area contributed by atoms with Crippen LogP contribution in [0.1, 0.15) is 68.7 Å².